The molecule has 0 saturated carbocycles. The van der Waals surface area contributed by atoms with Crippen molar-refractivity contribution in [2.75, 3.05) is 13.1 Å². The highest BCUT2D eigenvalue weighted by Gasteiger charge is 2.16. The third-order valence-corrected chi connectivity index (χ3v) is 2.99. The van der Waals surface area contributed by atoms with Crippen molar-refractivity contribution in [3.8, 4) is 0 Å². The first-order chi connectivity index (χ1) is 9.04. The van der Waals surface area contributed by atoms with Crippen molar-refractivity contribution >= 4 is 17.5 Å². The Hall–Kier alpha value is -1.32. The lowest BCUT2D eigenvalue weighted by Crippen LogP contribution is -2.41. The lowest BCUT2D eigenvalue weighted by molar-refractivity contribution is -0.132. The number of carbonyl (C=O) groups excluding carboxylic acids is 1. The molecule has 3 nitrogen and oxygen atoms in total. The average molecular weight is 281 g/mol. The Morgan fingerprint density at radius 3 is 2.84 bits per heavy atom. The van der Waals surface area contributed by atoms with Gasteiger partial charge in [0.25, 0.3) is 0 Å². The molecule has 1 rings (SSSR count). The van der Waals surface area contributed by atoms with Crippen LogP contribution in [0.15, 0.2) is 36.9 Å². The van der Waals surface area contributed by atoms with Gasteiger partial charge in [-0.1, -0.05) is 29.8 Å². The molecule has 19 heavy (non-hydrogen) atoms. The summed E-state index contributed by atoms with van der Waals surface area (Å²) in [6.45, 7) is 9.17. The van der Waals surface area contributed by atoms with Crippen LogP contribution in [0.25, 0.3) is 0 Å². The smallest absolute Gasteiger partial charge is 0.237 e. The number of nitrogens with zero attached hydrogens (tertiary/aromatic N) is 1. The predicted octanol–water partition coefficient (Wildman–Crippen LogP) is 2.85. The third-order valence-electron chi connectivity index (χ3n) is 2.75. The molecule has 0 fully saturated rings. The number of hydrogen-bond acceptors (Lipinski definition) is 2. The van der Waals surface area contributed by atoms with E-state index in [2.05, 4.69) is 11.9 Å². The molecule has 0 aliphatic heterocycles. The molecule has 0 aliphatic rings. The largest absolute Gasteiger partial charge is 0.335 e. The third kappa shape index (κ3) is 5.45. The number of amides is 1. The second-order valence-corrected chi connectivity index (χ2v) is 5.10. The summed E-state index contributed by atoms with van der Waals surface area (Å²) in [4.78, 5) is 14.0. The molecule has 0 bridgehead atoms. The van der Waals surface area contributed by atoms with E-state index in [0.717, 1.165) is 5.56 Å². The Morgan fingerprint density at radius 1 is 1.53 bits per heavy atom. The number of hydrogen-bond donors (Lipinski definition) is 1. The van der Waals surface area contributed by atoms with E-state index < -0.39 is 0 Å². The van der Waals surface area contributed by atoms with Crippen LogP contribution in [0.4, 0.5) is 0 Å². The van der Waals surface area contributed by atoms with Crippen LogP contribution in [0, 0.1) is 0 Å². The van der Waals surface area contributed by atoms with E-state index in [4.69, 9.17) is 11.6 Å². The highest BCUT2D eigenvalue weighted by molar-refractivity contribution is 6.30. The Kier molecular flexibility index (Phi) is 6.60. The number of rotatable bonds is 7. The molecular formula is C15H21ClN2O. The van der Waals surface area contributed by atoms with E-state index in [-0.39, 0.29) is 11.9 Å². The SMILES string of the molecule is C=CCNCC(=O)N(Cc1cccc(Cl)c1)C(C)C. The van der Waals surface area contributed by atoms with Gasteiger partial charge in [0.15, 0.2) is 0 Å². The first-order valence-electron chi connectivity index (χ1n) is 6.40. The summed E-state index contributed by atoms with van der Waals surface area (Å²) < 4.78 is 0. The first-order valence-corrected chi connectivity index (χ1v) is 6.78. The summed E-state index contributed by atoms with van der Waals surface area (Å²) >= 11 is 5.96. The van der Waals surface area contributed by atoms with Gasteiger partial charge in [0.05, 0.1) is 6.54 Å². The normalized spacial score (nSPS) is 10.5. The fourth-order valence-electron chi connectivity index (χ4n) is 1.77. The van der Waals surface area contributed by atoms with Crippen molar-refractivity contribution < 1.29 is 4.79 Å². The van der Waals surface area contributed by atoms with Gasteiger partial charge < -0.3 is 10.2 Å². The second-order valence-electron chi connectivity index (χ2n) is 4.66. The zero-order valence-electron chi connectivity index (χ0n) is 11.5. The fourth-order valence-corrected chi connectivity index (χ4v) is 1.99. The standard InChI is InChI=1S/C15H21ClN2O/c1-4-8-17-10-15(19)18(12(2)3)11-13-6-5-7-14(16)9-13/h4-7,9,12,17H,1,8,10-11H2,2-3H3. The van der Waals surface area contributed by atoms with Gasteiger partial charge in [-0.25, -0.2) is 0 Å². The Bertz CT molecular complexity index is 432. The minimum Gasteiger partial charge on any atom is -0.335 e. The van der Waals surface area contributed by atoms with Crippen molar-refractivity contribution in [1.29, 1.82) is 0 Å². The molecule has 0 aromatic heterocycles. The zero-order chi connectivity index (χ0) is 14.3. The molecule has 1 aromatic carbocycles. The summed E-state index contributed by atoms with van der Waals surface area (Å²) in [5, 5.41) is 3.73. The molecule has 0 radical (unpaired) electrons. The first kappa shape index (κ1) is 15.7. The summed E-state index contributed by atoms with van der Waals surface area (Å²) in [5.74, 6) is 0.0804. The van der Waals surface area contributed by atoms with Crippen molar-refractivity contribution in [2.24, 2.45) is 0 Å². The van der Waals surface area contributed by atoms with Gasteiger partial charge in [-0.05, 0) is 31.5 Å². The van der Waals surface area contributed by atoms with Crippen LogP contribution < -0.4 is 5.32 Å². The lowest BCUT2D eigenvalue weighted by atomic mass is 10.2. The van der Waals surface area contributed by atoms with Crippen LogP contribution in [-0.2, 0) is 11.3 Å². The summed E-state index contributed by atoms with van der Waals surface area (Å²) in [5.41, 5.74) is 1.04. The molecule has 0 heterocycles. The van der Waals surface area contributed by atoms with Crippen molar-refractivity contribution in [3.05, 3.63) is 47.5 Å². The van der Waals surface area contributed by atoms with Gasteiger partial charge in [-0.15, -0.1) is 6.58 Å². The number of benzene rings is 1. The highest BCUT2D eigenvalue weighted by atomic mass is 35.5. The number of carbonyl (C=O) groups is 1. The van der Waals surface area contributed by atoms with E-state index in [1.54, 1.807) is 6.08 Å². The van der Waals surface area contributed by atoms with Crippen LogP contribution in [0.3, 0.4) is 0 Å². The number of nitrogens with one attached hydrogen (secondary N) is 1. The van der Waals surface area contributed by atoms with E-state index >= 15 is 0 Å². The van der Waals surface area contributed by atoms with Crippen LogP contribution >= 0.6 is 11.6 Å². The maximum absolute atomic E-state index is 12.1. The molecule has 4 heteroatoms. The van der Waals surface area contributed by atoms with Crippen molar-refractivity contribution in [3.63, 3.8) is 0 Å². The van der Waals surface area contributed by atoms with E-state index in [1.165, 1.54) is 0 Å². The average Bonchev–Trinajstić information content (AvgIpc) is 2.36. The van der Waals surface area contributed by atoms with Gasteiger partial charge in [-0.2, -0.15) is 0 Å². The van der Waals surface area contributed by atoms with Crippen LogP contribution in [-0.4, -0.2) is 29.9 Å². The van der Waals surface area contributed by atoms with Gasteiger partial charge in [0.1, 0.15) is 0 Å². The number of halogens is 1. The molecule has 0 atom stereocenters. The molecule has 1 amide bonds. The lowest BCUT2D eigenvalue weighted by Gasteiger charge is -2.27. The zero-order valence-corrected chi connectivity index (χ0v) is 12.3. The maximum atomic E-state index is 12.1. The molecule has 1 N–H and O–H groups in total. The minimum absolute atomic E-state index is 0.0804. The molecule has 0 saturated heterocycles. The van der Waals surface area contributed by atoms with E-state index in [9.17, 15) is 4.79 Å². The minimum atomic E-state index is 0.0804. The summed E-state index contributed by atoms with van der Waals surface area (Å²) in [6, 6.07) is 7.75. The summed E-state index contributed by atoms with van der Waals surface area (Å²) in [7, 11) is 0. The highest BCUT2D eigenvalue weighted by Crippen LogP contribution is 2.14. The van der Waals surface area contributed by atoms with Crippen molar-refractivity contribution in [1.82, 2.24) is 10.2 Å². The monoisotopic (exact) mass is 280 g/mol. The Labute approximate surface area is 120 Å². The van der Waals surface area contributed by atoms with Gasteiger partial charge in [0.2, 0.25) is 5.91 Å². The molecule has 0 aliphatic carbocycles. The molecule has 0 unspecified atom stereocenters. The van der Waals surface area contributed by atoms with E-state index in [1.807, 2.05) is 43.0 Å². The van der Waals surface area contributed by atoms with Crippen LogP contribution in [0.2, 0.25) is 5.02 Å². The van der Waals surface area contributed by atoms with Gasteiger partial charge >= 0.3 is 0 Å². The van der Waals surface area contributed by atoms with Crippen molar-refractivity contribution in [2.45, 2.75) is 26.4 Å². The van der Waals surface area contributed by atoms with E-state index in [0.29, 0.717) is 24.7 Å². The van der Waals surface area contributed by atoms with Gasteiger partial charge in [0, 0.05) is 24.2 Å². The predicted molar refractivity (Wildman–Crippen MR) is 80.2 cm³/mol. The van der Waals surface area contributed by atoms with Gasteiger partial charge in [-0.3, -0.25) is 4.79 Å². The van der Waals surface area contributed by atoms with Crippen LogP contribution in [0.5, 0.6) is 0 Å². The topological polar surface area (TPSA) is 32.3 Å². The summed E-state index contributed by atoms with van der Waals surface area (Å²) in [6.07, 6.45) is 1.74. The molecule has 104 valence electrons. The fraction of sp³-hybridized carbons (Fsp3) is 0.400. The quantitative estimate of drug-likeness (QED) is 0.615. The maximum Gasteiger partial charge on any atom is 0.237 e. The molecular weight excluding hydrogens is 260 g/mol. The van der Waals surface area contributed by atoms with Crippen LogP contribution in [0.1, 0.15) is 19.4 Å². The molecule has 0 spiro atoms. The molecule has 1 aromatic rings. The Morgan fingerprint density at radius 2 is 2.26 bits per heavy atom. The Balaban J connectivity index is 2.67. The second kappa shape index (κ2) is 7.97.